The first-order valence-electron chi connectivity index (χ1n) is 9.27. The topological polar surface area (TPSA) is 107 Å². The Hall–Kier alpha value is -3.53. The lowest BCUT2D eigenvalue weighted by molar-refractivity contribution is 0.102. The van der Waals surface area contributed by atoms with Crippen molar-refractivity contribution in [3.8, 4) is 16.9 Å². The minimum Gasteiger partial charge on any atom is -0.321 e. The molecule has 0 aliphatic heterocycles. The summed E-state index contributed by atoms with van der Waals surface area (Å²) in [5.41, 5.74) is 2.35. The van der Waals surface area contributed by atoms with E-state index in [4.69, 9.17) is 16.7 Å². The van der Waals surface area contributed by atoms with E-state index in [0.29, 0.717) is 22.1 Å². The summed E-state index contributed by atoms with van der Waals surface area (Å²) >= 11 is 5.99. The zero-order valence-corrected chi connectivity index (χ0v) is 17.9. The SMILES string of the molecule is NS(=O)(=O)c1ccc(-n2nc(C(=O)Nc3ccc(F)cc3)cc2-c2ccc(Cl)cc2)cc1. The summed E-state index contributed by atoms with van der Waals surface area (Å²) in [5, 5.41) is 12.8. The zero-order chi connectivity index (χ0) is 22.9. The molecule has 1 aromatic heterocycles. The number of carbonyl (C=O) groups excluding carboxylic acids is 1. The van der Waals surface area contributed by atoms with Crippen molar-refractivity contribution in [1.82, 2.24) is 9.78 Å². The maximum atomic E-state index is 13.1. The van der Waals surface area contributed by atoms with Crippen molar-refractivity contribution < 1.29 is 17.6 Å². The van der Waals surface area contributed by atoms with Gasteiger partial charge in [0.05, 0.1) is 16.3 Å². The van der Waals surface area contributed by atoms with Gasteiger partial charge in [-0.25, -0.2) is 22.6 Å². The third kappa shape index (κ3) is 4.70. The zero-order valence-electron chi connectivity index (χ0n) is 16.4. The molecule has 1 amide bonds. The molecule has 0 aliphatic carbocycles. The molecular formula is C22H16ClFN4O3S. The van der Waals surface area contributed by atoms with Crippen LogP contribution in [0.3, 0.4) is 0 Å². The number of primary sulfonamides is 1. The molecule has 0 saturated heterocycles. The van der Waals surface area contributed by atoms with E-state index >= 15 is 0 Å². The first-order chi connectivity index (χ1) is 15.2. The van der Waals surface area contributed by atoms with Crippen molar-refractivity contribution in [2.45, 2.75) is 4.90 Å². The van der Waals surface area contributed by atoms with Crippen LogP contribution in [0.25, 0.3) is 16.9 Å². The molecule has 7 nitrogen and oxygen atoms in total. The molecule has 0 radical (unpaired) electrons. The van der Waals surface area contributed by atoms with Crippen LogP contribution in [0.2, 0.25) is 5.02 Å². The minimum atomic E-state index is -3.85. The number of nitrogens with two attached hydrogens (primary N) is 1. The predicted octanol–water partition coefficient (Wildman–Crippen LogP) is 4.23. The highest BCUT2D eigenvalue weighted by atomic mass is 35.5. The lowest BCUT2D eigenvalue weighted by Gasteiger charge is -2.08. The van der Waals surface area contributed by atoms with Crippen molar-refractivity contribution in [1.29, 1.82) is 0 Å². The van der Waals surface area contributed by atoms with Gasteiger partial charge in [0.2, 0.25) is 10.0 Å². The van der Waals surface area contributed by atoms with E-state index < -0.39 is 21.7 Å². The van der Waals surface area contributed by atoms with Crippen molar-refractivity contribution >= 4 is 33.2 Å². The summed E-state index contributed by atoms with van der Waals surface area (Å²) in [7, 11) is -3.85. The molecule has 0 saturated carbocycles. The van der Waals surface area contributed by atoms with E-state index in [1.807, 2.05) is 0 Å². The number of rotatable bonds is 5. The number of halogens is 2. The summed E-state index contributed by atoms with van der Waals surface area (Å²) in [6.45, 7) is 0. The highest BCUT2D eigenvalue weighted by Gasteiger charge is 2.18. The van der Waals surface area contributed by atoms with Crippen LogP contribution in [-0.2, 0) is 10.0 Å². The van der Waals surface area contributed by atoms with Gasteiger partial charge in [0.15, 0.2) is 5.69 Å². The van der Waals surface area contributed by atoms with Gasteiger partial charge in [0.25, 0.3) is 5.91 Å². The molecule has 1 heterocycles. The highest BCUT2D eigenvalue weighted by molar-refractivity contribution is 7.89. The molecule has 3 N–H and O–H groups in total. The van der Waals surface area contributed by atoms with E-state index in [-0.39, 0.29) is 10.6 Å². The fourth-order valence-corrected chi connectivity index (χ4v) is 3.66. The molecular weight excluding hydrogens is 455 g/mol. The normalized spacial score (nSPS) is 11.3. The van der Waals surface area contributed by atoms with Crippen molar-refractivity contribution in [2.75, 3.05) is 5.32 Å². The molecule has 0 fully saturated rings. The number of hydrogen-bond acceptors (Lipinski definition) is 4. The molecule has 4 aromatic rings. The van der Waals surface area contributed by atoms with Crippen molar-refractivity contribution in [3.63, 3.8) is 0 Å². The number of nitrogens with one attached hydrogen (secondary N) is 1. The summed E-state index contributed by atoms with van der Waals surface area (Å²) < 4.78 is 37.7. The number of nitrogens with zero attached hydrogens (tertiary/aromatic N) is 2. The van der Waals surface area contributed by atoms with Gasteiger partial charge in [-0.3, -0.25) is 4.79 Å². The molecule has 3 aromatic carbocycles. The Morgan fingerprint density at radius 2 is 1.59 bits per heavy atom. The maximum Gasteiger partial charge on any atom is 0.276 e. The average Bonchev–Trinajstić information content (AvgIpc) is 3.21. The second kappa shape index (κ2) is 8.54. The van der Waals surface area contributed by atoms with Crippen LogP contribution >= 0.6 is 11.6 Å². The monoisotopic (exact) mass is 470 g/mol. The molecule has 32 heavy (non-hydrogen) atoms. The van der Waals surface area contributed by atoms with E-state index in [0.717, 1.165) is 5.56 Å². The largest absolute Gasteiger partial charge is 0.321 e. The van der Waals surface area contributed by atoms with Gasteiger partial charge in [0.1, 0.15) is 5.82 Å². The third-order valence-electron chi connectivity index (χ3n) is 4.59. The van der Waals surface area contributed by atoms with Gasteiger partial charge in [-0.05, 0) is 66.7 Å². The van der Waals surface area contributed by atoms with Crippen LogP contribution in [0, 0.1) is 5.82 Å². The molecule has 0 atom stereocenters. The first-order valence-corrected chi connectivity index (χ1v) is 11.2. The third-order valence-corrected chi connectivity index (χ3v) is 5.78. The molecule has 10 heteroatoms. The minimum absolute atomic E-state index is 0.0456. The highest BCUT2D eigenvalue weighted by Crippen LogP contribution is 2.26. The molecule has 0 aliphatic rings. The van der Waals surface area contributed by atoms with E-state index in [1.54, 1.807) is 30.3 Å². The Bertz CT molecular complexity index is 1380. The number of anilines is 1. The Labute approximate surface area is 188 Å². The summed E-state index contributed by atoms with van der Waals surface area (Å²) in [4.78, 5) is 12.7. The van der Waals surface area contributed by atoms with Crippen LogP contribution < -0.4 is 10.5 Å². The average molecular weight is 471 g/mol. The van der Waals surface area contributed by atoms with Gasteiger partial charge < -0.3 is 5.32 Å². The number of amides is 1. The number of aromatic nitrogens is 2. The summed E-state index contributed by atoms with van der Waals surface area (Å²) in [6.07, 6.45) is 0. The predicted molar refractivity (Wildman–Crippen MR) is 120 cm³/mol. The number of sulfonamides is 1. The van der Waals surface area contributed by atoms with Crippen LogP contribution in [0.5, 0.6) is 0 Å². The summed E-state index contributed by atoms with van der Waals surface area (Å²) in [6, 6.07) is 19.7. The molecule has 0 unspecified atom stereocenters. The first kappa shape index (κ1) is 21.7. The Kier molecular flexibility index (Phi) is 5.79. The fraction of sp³-hybridized carbons (Fsp3) is 0. The van der Waals surface area contributed by atoms with Gasteiger partial charge in [-0.2, -0.15) is 5.10 Å². The van der Waals surface area contributed by atoms with Gasteiger partial charge >= 0.3 is 0 Å². The molecule has 162 valence electrons. The number of benzene rings is 3. The lowest BCUT2D eigenvalue weighted by atomic mass is 10.1. The maximum absolute atomic E-state index is 13.1. The quantitative estimate of drug-likeness (QED) is 0.455. The van der Waals surface area contributed by atoms with Crippen LogP contribution in [0.15, 0.2) is 83.8 Å². The van der Waals surface area contributed by atoms with Crippen molar-refractivity contribution in [3.05, 3.63) is 95.4 Å². The smallest absolute Gasteiger partial charge is 0.276 e. The van der Waals surface area contributed by atoms with Crippen molar-refractivity contribution in [2.24, 2.45) is 5.14 Å². The van der Waals surface area contributed by atoms with Gasteiger partial charge in [-0.15, -0.1) is 0 Å². The molecule has 4 rings (SSSR count). The molecule has 0 spiro atoms. The van der Waals surface area contributed by atoms with E-state index in [9.17, 15) is 17.6 Å². The van der Waals surface area contributed by atoms with Crippen LogP contribution in [-0.4, -0.2) is 24.1 Å². The van der Waals surface area contributed by atoms with Gasteiger partial charge in [0, 0.05) is 16.3 Å². The standard InChI is InChI=1S/C22H16ClFN4O3S/c23-15-3-1-14(2-4-15)21-13-20(22(29)26-17-7-5-16(24)6-8-17)27-28(21)18-9-11-19(12-10-18)32(25,30)31/h1-13H,(H,26,29)(H2,25,30,31). The number of hydrogen-bond donors (Lipinski definition) is 2. The number of carbonyl (C=O) groups is 1. The fourth-order valence-electron chi connectivity index (χ4n) is 3.02. The lowest BCUT2D eigenvalue weighted by Crippen LogP contribution is -2.13. The van der Waals surface area contributed by atoms with Crippen LogP contribution in [0.4, 0.5) is 10.1 Å². The molecule has 0 bridgehead atoms. The van der Waals surface area contributed by atoms with Crippen LogP contribution in [0.1, 0.15) is 10.5 Å². The van der Waals surface area contributed by atoms with Gasteiger partial charge in [-0.1, -0.05) is 23.7 Å². The second-order valence-corrected chi connectivity index (χ2v) is 8.83. The Morgan fingerprint density at radius 3 is 2.19 bits per heavy atom. The van der Waals surface area contributed by atoms with E-state index in [2.05, 4.69) is 10.4 Å². The Balaban J connectivity index is 1.75. The Morgan fingerprint density at radius 1 is 0.969 bits per heavy atom. The summed E-state index contributed by atoms with van der Waals surface area (Å²) in [5.74, 6) is -0.910. The van der Waals surface area contributed by atoms with E-state index in [1.165, 1.54) is 53.2 Å². The second-order valence-electron chi connectivity index (χ2n) is 6.83.